The van der Waals surface area contributed by atoms with E-state index >= 15 is 0 Å². The van der Waals surface area contributed by atoms with Crippen molar-refractivity contribution in [2.75, 3.05) is 16.6 Å². The van der Waals surface area contributed by atoms with Crippen LogP contribution in [0.4, 0.5) is 0 Å². The van der Waals surface area contributed by atoms with Gasteiger partial charge in [-0.1, -0.05) is 52.4 Å². The zero-order chi connectivity index (χ0) is 11.2. The first-order valence-electron chi connectivity index (χ1n) is 6.57. The Balaban J connectivity index is 2.81. The Morgan fingerprint density at radius 3 is 1.47 bits per heavy atom. The lowest BCUT2D eigenvalue weighted by Gasteiger charge is -2.02. The molecule has 0 aliphatic carbocycles. The van der Waals surface area contributed by atoms with Gasteiger partial charge < -0.3 is 0 Å². The highest BCUT2D eigenvalue weighted by Crippen LogP contribution is 2.16. The molecule has 0 N–H and O–H groups in total. The third kappa shape index (κ3) is 14.7. The molecule has 0 fully saturated rings. The predicted molar refractivity (Wildman–Crippen MR) is 78.1 cm³/mol. The molecule has 92 valence electrons. The summed E-state index contributed by atoms with van der Waals surface area (Å²) in [5, 5.41) is 1.32. The molecule has 0 aromatic rings. The van der Waals surface area contributed by atoms with Crippen LogP contribution in [0.3, 0.4) is 0 Å². The monoisotopic (exact) mass is 248 g/mol. The van der Waals surface area contributed by atoms with Crippen LogP contribution < -0.4 is 0 Å². The van der Waals surface area contributed by atoms with Crippen molar-refractivity contribution in [2.45, 2.75) is 65.2 Å². The lowest BCUT2D eigenvalue weighted by atomic mass is 10.2. The van der Waals surface area contributed by atoms with Gasteiger partial charge in [0, 0.05) is 5.08 Å². The summed E-state index contributed by atoms with van der Waals surface area (Å²) in [4.78, 5) is 0. The summed E-state index contributed by atoms with van der Waals surface area (Å²) in [7, 11) is 0. The molecule has 0 atom stereocenters. The Morgan fingerprint density at radius 1 is 0.600 bits per heavy atom. The zero-order valence-corrected chi connectivity index (χ0v) is 12.2. The second-order valence-electron chi connectivity index (χ2n) is 4.06. The Kier molecular flexibility index (Phi) is 15.4. The summed E-state index contributed by atoms with van der Waals surface area (Å²) in [6.45, 7) is 4.55. The van der Waals surface area contributed by atoms with Crippen LogP contribution in [-0.4, -0.2) is 16.6 Å². The topological polar surface area (TPSA) is 0 Å². The van der Waals surface area contributed by atoms with Gasteiger partial charge in [0.1, 0.15) is 0 Å². The Bertz CT molecular complexity index is 92.7. The summed E-state index contributed by atoms with van der Waals surface area (Å²) in [6.07, 6.45) is 11.3. The molecule has 0 spiro atoms. The molecular weight excluding hydrogens is 220 g/mol. The fourth-order valence-electron chi connectivity index (χ4n) is 1.44. The summed E-state index contributed by atoms with van der Waals surface area (Å²) in [5.74, 6) is 2.75. The highest BCUT2D eigenvalue weighted by Gasteiger charge is 1.92. The maximum Gasteiger partial charge on any atom is 0.0392 e. The minimum absolute atomic E-state index is 1.32. The van der Waals surface area contributed by atoms with E-state index in [1.807, 2.05) is 0 Å². The average Bonchev–Trinajstić information content (AvgIpc) is 2.26. The summed E-state index contributed by atoms with van der Waals surface area (Å²) in [5.41, 5.74) is 0. The van der Waals surface area contributed by atoms with Crippen molar-refractivity contribution < 1.29 is 0 Å². The van der Waals surface area contributed by atoms with Crippen molar-refractivity contribution in [1.29, 1.82) is 0 Å². The van der Waals surface area contributed by atoms with Gasteiger partial charge in [0.15, 0.2) is 0 Å². The van der Waals surface area contributed by atoms with Gasteiger partial charge in [-0.15, -0.1) is 0 Å². The first kappa shape index (κ1) is 15.7. The van der Waals surface area contributed by atoms with E-state index in [0.717, 1.165) is 0 Å². The van der Waals surface area contributed by atoms with Crippen molar-refractivity contribution in [3.63, 3.8) is 0 Å². The Labute approximate surface area is 105 Å². The number of hydrogen-bond acceptors (Lipinski definition) is 2. The van der Waals surface area contributed by atoms with Crippen molar-refractivity contribution in [1.82, 2.24) is 0 Å². The van der Waals surface area contributed by atoms with E-state index in [2.05, 4.69) is 37.4 Å². The summed E-state index contributed by atoms with van der Waals surface area (Å²) in [6, 6.07) is 0. The lowest BCUT2D eigenvalue weighted by Crippen LogP contribution is -1.84. The maximum atomic E-state index is 2.28. The highest BCUT2D eigenvalue weighted by molar-refractivity contribution is 8.15. The molecule has 0 aromatic heterocycles. The molecule has 0 bridgehead atoms. The van der Waals surface area contributed by atoms with Gasteiger partial charge in [0.25, 0.3) is 0 Å². The SMILES string of the molecule is CCCCCCSCSCCCCCC. The molecule has 0 unspecified atom stereocenters. The van der Waals surface area contributed by atoms with E-state index in [4.69, 9.17) is 0 Å². The normalized spacial score (nSPS) is 10.8. The van der Waals surface area contributed by atoms with Crippen LogP contribution in [0.2, 0.25) is 0 Å². The fraction of sp³-hybridized carbons (Fsp3) is 1.00. The fourth-order valence-corrected chi connectivity index (χ4v) is 3.67. The molecule has 15 heavy (non-hydrogen) atoms. The minimum atomic E-state index is 1.32. The quantitative estimate of drug-likeness (QED) is 0.327. The minimum Gasteiger partial charge on any atom is -0.151 e. The molecule has 0 heterocycles. The molecule has 0 aromatic carbocycles. The second-order valence-corrected chi connectivity index (χ2v) is 6.63. The second kappa shape index (κ2) is 14.7. The van der Waals surface area contributed by atoms with Crippen LogP contribution in [0.25, 0.3) is 0 Å². The maximum absolute atomic E-state index is 2.28. The van der Waals surface area contributed by atoms with Crippen LogP contribution in [0.15, 0.2) is 0 Å². The molecule has 0 nitrogen and oxygen atoms in total. The largest absolute Gasteiger partial charge is 0.151 e. The van der Waals surface area contributed by atoms with Crippen LogP contribution >= 0.6 is 23.5 Å². The van der Waals surface area contributed by atoms with E-state index in [1.165, 1.54) is 68.0 Å². The smallest absolute Gasteiger partial charge is 0.0392 e. The van der Waals surface area contributed by atoms with Gasteiger partial charge in [-0.3, -0.25) is 0 Å². The highest BCUT2D eigenvalue weighted by atomic mass is 32.2. The van der Waals surface area contributed by atoms with Crippen LogP contribution in [0.5, 0.6) is 0 Å². The molecule has 0 saturated heterocycles. The van der Waals surface area contributed by atoms with E-state index in [1.54, 1.807) is 0 Å². The molecule has 0 amide bonds. The third-order valence-corrected chi connectivity index (χ3v) is 4.94. The first-order chi connectivity index (χ1) is 7.41. The zero-order valence-electron chi connectivity index (χ0n) is 10.6. The molecule has 0 saturated carbocycles. The van der Waals surface area contributed by atoms with Crippen molar-refractivity contribution in [3.8, 4) is 0 Å². The summed E-state index contributed by atoms with van der Waals surface area (Å²) >= 11 is 4.26. The first-order valence-corrected chi connectivity index (χ1v) is 8.88. The van der Waals surface area contributed by atoms with Crippen molar-refractivity contribution in [2.24, 2.45) is 0 Å². The van der Waals surface area contributed by atoms with E-state index < -0.39 is 0 Å². The Morgan fingerprint density at radius 2 is 1.07 bits per heavy atom. The molecule has 0 aliphatic heterocycles. The van der Waals surface area contributed by atoms with E-state index in [-0.39, 0.29) is 0 Å². The van der Waals surface area contributed by atoms with E-state index in [9.17, 15) is 0 Å². The van der Waals surface area contributed by atoms with E-state index in [0.29, 0.717) is 0 Å². The summed E-state index contributed by atoms with van der Waals surface area (Å²) < 4.78 is 0. The number of unbranched alkanes of at least 4 members (excludes halogenated alkanes) is 6. The standard InChI is InChI=1S/C13H28S2/c1-3-5-7-9-11-14-13-15-12-10-8-6-4-2/h3-13H2,1-2H3. The van der Waals surface area contributed by atoms with Crippen molar-refractivity contribution in [3.05, 3.63) is 0 Å². The molecule has 0 aliphatic rings. The van der Waals surface area contributed by atoms with Gasteiger partial charge in [0.2, 0.25) is 0 Å². The average molecular weight is 249 g/mol. The van der Waals surface area contributed by atoms with Gasteiger partial charge in [-0.05, 0) is 24.3 Å². The third-order valence-electron chi connectivity index (χ3n) is 2.45. The van der Waals surface area contributed by atoms with Crippen LogP contribution in [0.1, 0.15) is 65.2 Å². The van der Waals surface area contributed by atoms with Crippen molar-refractivity contribution >= 4 is 23.5 Å². The molecule has 0 rings (SSSR count). The van der Waals surface area contributed by atoms with Gasteiger partial charge in [-0.2, -0.15) is 23.5 Å². The number of rotatable bonds is 12. The molecular formula is C13H28S2. The van der Waals surface area contributed by atoms with Gasteiger partial charge >= 0.3 is 0 Å². The number of thioether (sulfide) groups is 2. The van der Waals surface area contributed by atoms with Crippen LogP contribution in [-0.2, 0) is 0 Å². The lowest BCUT2D eigenvalue weighted by molar-refractivity contribution is 0.706. The molecule has 2 heteroatoms. The molecule has 0 radical (unpaired) electrons. The Hall–Kier alpha value is 0.700. The predicted octanol–water partition coefficient (Wildman–Crippen LogP) is 5.57. The number of hydrogen-bond donors (Lipinski definition) is 0. The van der Waals surface area contributed by atoms with Crippen LogP contribution in [0, 0.1) is 0 Å². The van der Waals surface area contributed by atoms with Gasteiger partial charge in [0.05, 0.1) is 0 Å². The van der Waals surface area contributed by atoms with Gasteiger partial charge in [-0.25, -0.2) is 0 Å².